The molecule has 60 valence electrons. The average Bonchev–Trinajstić information content (AvgIpc) is 2.03. The number of rotatable bonds is 0. The third kappa shape index (κ3) is 1.25. The molecule has 0 saturated carbocycles. The first-order valence-electron chi connectivity index (χ1n) is 3.46. The second kappa shape index (κ2) is 2.72. The molecule has 0 spiro atoms. The Morgan fingerprint density at radius 3 is 2.92 bits per heavy atom. The number of benzene rings is 1. The van der Waals surface area contributed by atoms with Gasteiger partial charge in [0, 0.05) is 10.4 Å². The maximum Gasteiger partial charge on any atom is 0.142 e. The molecule has 1 aromatic heterocycles. The van der Waals surface area contributed by atoms with Gasteiger partial charge in [-0.3, -0.25) is 4.98 Å². The van der Waals surface area contributed by atoms with Crippen LogP contribution in [0.3, 0.4) is 0 Å². The van der Waals surface area contributed by atoms with Gasteiger partial charge in [-0.05, 0) is 24.3 Å². The highest BCUT2D eigenvalue weighted by atomic mass is 35.5. The number of halogens is 2. The van der Waals surface area contributed by atoms with Crippen LogP contribution in [0.4, 0.5) is 4.39 Å². The van der Waals surface area contributed by atoms with Crippen LogP contribution in [-0.2, 0) is 0 Å². The van der Waals surface area contributed by atoms with Crippen LogP contribution in [0.5, 0.6) is 0 Å². The van der Waals surface area contributed by atoms with Gasteiger partial charge >= 0.3 is 0 Å². The van der Waals surface area contributed by atoms with E-state index in [2.05, 4.69) is 4.98 Å². The van der Waals surface area contributed by atoms with Crippen molar-refractivity contribution < 1.29 is 4.39 Å². The summed E-state index contributed by atoms with van der Waals surface area (Å²) < 4.78 is 12.7. The van der Waals surface area contributed by atoms with Crippen molar-refractivity contribution in [2.24, 2.45) is 0 Å². The third-order valence-electron chi connectivity index (χ3n) is 1.61. The number of hydrogen-bond acceptors (Lipinski definition) is 1. The van der Waals surface area contributed by atoms with Crippen molar-refractivity contribution in [1.82, 2.24) is 4.98 Å². The third-order valence-corrected chi connectivity index (χ3v) is 1.85. The summed E-state index contributed by atoms with van der Waals surface area (Å²) in [4.78, 5) is 3.89. The van der Waals surface area contributed by atoms with Crippen molar-refractivity contribution >= 4 is 22.5 Å². The lowest BCUT2D eigenvalue weighted by molar-refractivity contribution is 0.624. The molecule has 1 heterocycles. The highest BCUT2D eigenvalue weighted by molar-refractivity contribution is 6.31. The molecule has 0 aliphatic carbocycles. The molecule has 2 rings (SSSR count). The molecule has 3 heteroatoms. The molecular formula is C9H5ClFN. The van der Waals surface area contributed by atoms with Gasteiger partial charge in [0.15, 0.2) is 0 Å². The van der Waals surface area contributed by atoms with Crippen molar-refractivity contribution in [1.29, 1.82) is 0 Å². The van der Waals surface area contributed by atoms with E-state index < -0.39 is 0 Å². The molecule has 0 radical (unpaired) electrons. The van der Waals surface area contributed by atoms with E-state index in [1.807, 2.05) is 0 Å². The summed E-state index contributed by atoms with van der Waals surface area (Å²) in [6.45, 7) is 0. The van der Waals surface area contributed by atoms with Crippen molar-refractivity contribution in [3.8, 4) is 0 Å². The van der Waals surface area contributed by atoms with E-state index in [1.54, 1.807) is 18.2 Å². The molecule has 0 unspecified atom stereocenters. The van der Waals surface area contributed by atoms with Gasteiger partial charge in [0.25, 0.3) is 0 Å². The molecule has 0 N–H and O–H groups in total. The minimum absolute atomic E-state index is 0.343. The number of aromatic nitrogens is 1. The van der Waals surface area contributed by atoms with Gasteiger partial charge in [-0.15, -0.1) is 0 Å². The lowest BCUT2D eigenvalue weighted by Crippen LogP contribution is -1.80. The molecule has 0 aliphatic rings. The largest absolute Gasteiger partial charge is 0.253 e. The standard InChI is InChI=1S/C9H5ClFN/c10-7-1-2-9-6(3-7)4-8(11)5-12-9/h1-5H. The summed E-state index contributed by atoms with van der Waals surface area (Å²) >= 11 is 5.72. The minimum Gasteiger partial charge on any atom is -0.253 e. The topological polar surface area (TPSA) is 12.9 Å². The summed E-state index contributed by atoms with van der Waals surface area (Å²) in [6, 6.07) is 6.59. The molecule has 1 nitrogen and oxygen atoms in total. The van der Waals surface area contributed by atoms with E-state index in [0.29, 0.717) is 5.02 Å². The van der Waals surface area contributed by atoms with Crippen LogP contribution < -0.4 is 0 Å². The van der Waals surface area contributed by atoms with E-state index in [4.69, 9.17) is 11.6 Å². The zero-order valence-electron chi connectivity index (χ0n) is 6.09. The Morgan fingerprint density at radius 1 is 1.25 bits per heavy atom. The molecule has 0 fully saturated rings. The Morgan fingerprint density at radius 2 is 2.08 bits per heavy atom. The Kier molecular flexibility index (Phi) is 1.70. The first kappa shape index (κ1) is 7.50. The van der Waals surface area contributed by atoms with E-state index in [-0.39, 0.29) is 5.82 Å². The van der Waals surface area contributed by atoms with Gasteiger partial charge < -0.3 is 0 Å². The number of hydrogen-bond donors (Lipinski definition) is 0. The van der Waals surface area contributed by atoms with Crippen molar-refractivity contribution in [3.63, 3.8) is 0 Å². The Bertz CT molecular complexity index is 391. The second-order valence-electron chi connectivity index (χ2n) is 2.49. The normalized spacial score (nSPS) is 10.5. The fourth-order valence-corrected chi connectivity index (χ4v) is 1.26. The van der Waals surface area contributed by atoms with Crippen LogP contribution >= 0.6 is 11.6 Å². The lowest BCUT2D eigenvalue weighted by atomic mass is 10.2. The molecular weight excluding hydrogens is 177 g/mol. The Hall–Kier alpha value is -1.15. The summed E-state index contributed by atoms with van der Waals surface area (Å²) in [5.74, 6) is -0.343. The van der Waals surface area contributed by atoms with Crippen LogP contribution in [0.25, 0.3) is 10.9 Å². The summed E-state index contributed by atoms with van der Waals surface area (Å²) in [5, 5.41) is 1.32. The molecule has 12 heavy (non-hydrogen) atoms. The summed E-state index contributed by atoms with van der Waals surface area (Å²) in [5.41, 5.74) is 0.751. The SMILES string of the molecule is Fc1cnc2ccc(Cl)cc2c1. The first-order chi connectivity index (χ1) is 5.75. The van der Waals surface area contributed by atoms with Crippen molar-refractivity contribution in [2.75, 3.05) is 0 Å². The molecule has 0 saturated heterocycles. The highest BCUT2D eigenvalue weighted by Crippen LogP contribution is 2.17. The average molecular weight is 182 g/mol. The number of nitrogens with zero attached hydrogens (tertiary/aromatic N) is 1. The zero-order valence-corrected chi connectivity index (χ0v) is 6.85. The maximum absolute atomic E-state index is 12.7. The lowest BCUT2D eigenvalue weighted by Gasteiger charge is -1.96. The highest BCUT2D eigenvalue weighted by Gasteiger charge is 1.96. The van der Waals surface area contributed by atoms with E-state index in [1.165, 1.54) is 12.3 Å². The molecule has 0 aliphatic heterocycles. The van der Waals surface area contributed by atoms with Gasteiger partial charge in [0.1, 0.15) is 5.82 Å². The van der Waals surface area contributed by atoms with Gasteiger partial charge in [0.05, 0.1) is 11.7 Å². The quantitative estimate of drug-likeness (QED) is 0.609. The van der Waals surface area contributed by atoms with Crippen LogP contribution in [0.2, 0.25) is 5.02 Å². The molecule has 0 atom stereocenters. The predicted molar refractivity (Wildman–Crippen MR) is 46.7 cm³/mol. The monoisotopic (exact) mass is 181 g/mol. The van der Waals surface area contributed by atoms with Crippen molar-refractivity contribution in [2.45, 2.75) is 0 Å². The Labute approximate surface area is 73.8 Å². The zero-order chi connectivity index (χ0) is 8.55. The van der Waals surface area contributed by atoms with Gasteiger partial charge in [-0.2, -0.15) is 0 Å². The fourth-order valence-electron chi connectivity index (χ4n) is 1.08. The van der Waals surface area contributed by atoms with E-state index in [0.717, 1.165) is 10.9 Å². The number of fused-ring (bicyclic) bond motifs is 1. The summed E-state index contributed by atoms with van der Waals surface area (Å²) in [7, 11) is 0. The maximum atomic E-state index is 12.7. The molecule has 0 bridgehead atoms. The molecule has 0 amide bonds. The van der Waals surface area contributed by atoms with Crippen LogP contribution in [0.1, 0.15) is 0 Å². The van der Waals surface area contributed by atoms with Crippen LogP contribution in [0.15, 0.2) is 30.5 Å². The van der Waals surface area contributed by atoms with Gasteiger partial charge in [-0.25, -0.2) is 4.39 Å². The Balaban J connectivity index is 2.80. The van der Waals surface area contributed by atoms with Crippen LogP contribution in [-0.4, -0.2) is 4.98 Å². The molecule has 1 aromatic carbocycles. The number of pyridine rings is 1. The summed E-state index contributed by atoms with van der Waals surface area (Å²) in [6.07, 6.45) is 1.19. The van der Waals surface area contributed by atoms with Gasteiger partial charge in [0.2, 0.25) is 0 Å². The van der Waals surface area contributed by atoms with E-state index >= 15 is 0 Å². The predicted octanol–water partition coefficient (Wildman–Crippen LogP) is 3.03. The van der Waals surface area contributed by atoms with E-state index in [9.17, 15) is 4.39 Å². The van der Waals surface area contributed by atoms with Gasteiger partial charge in [-0.1, -0.05) is 11.6 Å². The second-order valence-corrected chi connectivity index (χ2v) is 2.93. The minimum atomic E-state index is -0.343. The fraction of sp³-hybridized carbons (Fsp3) is 0. The van der Waals surface area contributed by atoms with Crippen LogP contribution in [0, 0.1) is 5.82 Å². The first-order valence-corrected chi connectivity index (χ1v) is 3.84. The molecule has 2 aromatic rings. The smallest absolute Gasteiger partial charge is 0.142 e. The van der Waals surface area contributed by atoms with Crippen molar-refractivity contribution in [3.05, 3.63) is 41.3 Å².